The minimum atomic E-state index is 0.644. The average Bonchev–Trinajstić information content (AvgIpc) is 3.54. The number of aryl methyl sites for hydroxylation is 2. The first kappa shape index (κ1) is 29.3. The van der Waals surface area contributed by atoms with Crippen LogP contribution in [-0.2, 0) is 12.8 Å². The predicted molar refractivity (Wildman–Crippen MR) is 209 cm³/mol. The fourth-order valence-corrected chi connectivity index (χ4v) is 7.66. The summed E-state index contributed by atoms with van der Waals surface area (Å²) in [4.78, 5) is 15.0. The second-order valence-corrected chi connectivity index (χ2v) is 13.2. The van der Waals surface area contributed by atoms with Crippen molar-refractivity contribution < 1.29 is 0 Å². The number of fused-ring (bicyclic) bond motifs is 6. The van der Waals surface area contributed by atoms with Crippen molar-refractivity contribution >= 4 is 21.8 Å². The zero-order chi connectivity index (χ0) is 33.7. The molecule has 2 heterocycles. The summed E-state index contributed by atoms with van der Waals surface area (Å²) >= 11 is 0. The van der Waals surface area contributed by atoms with E-state index >= 15 is 0 Å². The number of para-hydroxylation sites is 1. The van der Waals surface area contributed by atoms with Crippen molar-refractivity contribution in [2.75, 3.05) is 0 Å². The molecule has 240 valence electrons. The summed E-state index contributed by atoms with van der Waals surface area (Å²) in [6, 6.07) is 60.1. The standard InChI is InChI=1S/C47H32N4/c1-4-13-31(14-5-1)34-25-26-39-35(27-34)23-24-36-29-42-40-21-10-11-22-43(40)51(44(42)30-41(36)39)38-20-12-19-37(28-38)47-49-45(32-15-6-2-7-16-32)48-46(50-47)33-17-8-3-9-18-33/h1-22,25-30H,23-24H2. The molecule has 7 aromatic carbocycles. The number of rotatable bonds is 5. The summed E-state index contributed by atoms with van der Waals surface area (Å²) < 4.78 is 2.40. The smallest absolute Gasteiger partial charge is 0.164 e. The molecule has 0 atom stereocenters. The first-order valence-corrected chi connectivity index (χ1v) is 17.5. The van der Waals surface area contributed by atoms with E-state index in [4.69, 9.17) is 15.0 Å². The molecule has 0 radical (unpaired) electrons. The van der Waals surface area contributed by atoms with Gasteiger partial charge in [-0.2, -0.15) is 0 Å². The maximum absolute atomic E-state index is 5.03. The van der Waals surface area contributed by atoms with Gasteiger partial charge in [0, 0.05) is 33.2 Å². The van der Waals surface area contributed by atoms with Crippen LogP contribution in [0, 0.1) is 0 Å². The quantitative estimate of drug-likeness (QED) is 0.186. The molecule has 51 heavy (non-hydrogen) atoms. The minimum Gasteiger partial charge on any atom is -0.309 e. The zero-order valence-electron chi connectivity index (χ0n) is 27.9. The van der Waals surface area contributed by atoms with Crippen LogP contribution in [0.1, 0.15) is 11.1 Å². The Hall–Kier alpha value is -6.65. The molecule has 0 N–H and O–H groups in total. The van der Waals surface area contributed by atoms with Crippen LogP contribution in [0.25, 0.3) is 83.9 Å². The van der Waals surface area contributed by atoms with Crippen molar-refractivity contribution in [2.45, 2.75) is 12.8 Å². The van der Waals surface area contributed by atoms with Gasteiger partial charge in [-0.25, -0.2) is 15.0 Å². The fraction of sp³-hybridized carbons (Fsp3) is 0.0426. The van der Waals surface area contributed by atoms with Gasteiger partial charge in [-0.3, -0.25) is 0 Å². The largest absolute Gasteiger partial charge is 0.309 e. The van der Waals surface area contributed by atoms with Gasteiger partial charge in [0.15, 0.2) is 17.5 Å². The predicted octanol–water partition coefficient (Wildman–Crippen LogP) is 11.4. The van der Waals surface area contributed by atoms with Crippen LogP contribution in [0.3, 0.4) is 0 Å². The lowest BCUT2D eigenvalue weighted by molar-refractivity contribution is 0.944. The van der Waals surface area contributed by atoms with Gasteiger partial charge >= 0.3 is 0 Å². The first-order valence-electron chi connectivity index (χ1n) is 17.5. The van der Waals surface area contributed by atoms with E-state index in [1.165, 1.54) is 55.2 Å². The van der Waals surface area contributed by atoms with E-state index in [0.29, 0.717) is 17.5 Å². The highest BCUT2D eigenvalue weighted by Crippen LogP contribution is 2.42. The van der Waals surface area contributed by atoms with Gasteiger partial charge in [-0.05, 0) is 76.6 Å². The summed E-state index contributed by atoms with van der Waals surface area (Å²) in [5.74, 6) is 1.95. The number of nitrogens with zero attached hydrogens (tertiary/aromatic N) is 4. The molecule has 9 aromatic rings. The molecular formula is C47H32N4. The highest BCUT2D eigenvalue weighted by atomic mass is 15.0. The molecule has 0 bridgehead atoms. The molecule has 0 unspecified atom stereocenters. The maximum atomic E-state index is 5.03. The van der Waals surface area contributed by atoms with E-state index < -0.39 is 0 Å². The van der Waals surface area contributed by atoms with Gasteiger partial charge in [0.05, 0.1) is 11.0 Å². The highest BCUT2D eigenvalue weighted by molar-refractivity contribution is 6.11. The van der Waals surface area contributed by atoms with E-state index in [-0.39, 0.29) is 0 Å². The molecule has 0 fully saturated rings. The van der Waals surface area contributed by atoms with Gasteiger partial charge in [0.25, 0.3) is 0 Å². The third-order valence-corrected chi connectivity index (χ3v) is 10.1. The van der Waals surface area contributed by atoms with Crippen molar-refractivity contribution in [3.05, 3.63) is 181 Å². The molecule has 1 aliphatic carbocycles. The van der Waals surface area contributed by atoms with E-state index in [9.17, 15) is 0 Å². The molecule has 4 nitrogen and oxygen atoms in total. The van der Waals surface area contributed by atoms with Gasteiger partial charge in [0.2, 0.25) is 0 Å². The summed E-state index contributed by atoms with van der Waals surface area (Å²) in [5, 5.41) is 2.53. The number of aromatic nitrogens is 4. The van der Waals surface area contributed by atoms with Gasteiger partial charge in [-0.15, -0.1) is 0 Å². The van der Waals surface area contributed by atoms with Crippen molar-refractivity contribution in [1.29, 1.82) is 0 Å². The lowest BCUT2D eigenvalue weighted by atomic mass is 9.83. The molecule has 4 heteroatoms. The second kappa shape index (κ2) is 12.0. The minimum absolute atomic E-state index is 0.644. The third kappa shape index (κ3) is 5.12. The number of hydrogen-bond acceptors (Lipinski definition) is 3. The van der Waals surface area contributed by atoms with Crippen LogP contribution < -0.4 is 0 Å². The molecule has 0 amide bonds. The second-order valence-electron chi connectivity index (χ2n) is 13.2. The summed E-state index contributed by atoms with van der Waals surface area (Å²) in [7, 11) is 0. The Morgan fingerprint density at radius 2 is 0.922 bits per heavy atom. The average molecular weight is 653 g/mol. The Kier molecular flexibility index (Phi) is 6.91. The molecule has 10 rings (SSSR count). The van der Waals surface area contributed by atoms with Crippen LogP contribution in [-0.4, -0.2) is 19.5 Å². The SMILES string of the molecule is c1ccc(-c2ccc3c(c2)CCc2cc4c5ccccc5n(-c5cccc(-c6nc(-c7ccccc7)nc(-c7ccccc7)n6)c5)c4cc2-3)cc1. The monoisotopic (exact) mass is 652 g/mol. The summed E-state index contributed by atoms with van der Waals surface area (Å²) in [6.45, 7) is 0. The van der Waals surface area contributed by atoms with Gasteiger partial charge < -0.3 is 4.57 Å². The molecule has 0 saturated carbocycles. The van der Waals surface area contributed by atoms with E-state index in [2.05, 4.69) is 114 Å². The Labute approximate surface area is 296 Å². The Balaban J connectivity index is 1.14. The Bertz CT molecular complexity index is 2670. The number of benzene rings is 7. The lowest BCUT2D eigenvalue weighted by Gasteiger charge is -2.22. The van der Waals surface area contributed by atoms with E-state index in [0.717, 1.165) is 35.2 Å². The first-order chi connectivity index (χ1) is 25.3. The van der Waals surface area contributed by atoms with Crippen LogP contribution in [0.2, 0.25) is 0 Å². The van der Waals surface area contributed by atoms with Crippen molar-refractivity contribution in [3.8, 4) is 62.1 Å². The normalized spacial score (nSPS) is 12.2. The molecule has 1 aliphatic rings. The summed E-state index contributed by atoms with van der Waals surface area (Å²) in [6.07, 6.45) is 2.06. The third-order valence-electron chi connectivity index (χ3n) is 10.1. The van der Waals surface area contributed by atoms with E-state index in [1.807, 2.05) is 60.7 Å². The van der Waals surface area contributed by atoms with Crippen LogP contribution in [0.4, 0.5) is 0 Å². The topological polar surface area (TPSA) is 43.6 Å². The van der Waals surface area contributed by atoms with Crippen LogP contribution in [0.5, 0.6) is 0 Å². The van der Waals surface area contributed by atoms with Crippen LogP contribution >= 0.6 is 0 Å². The van der Waals surface area contributed by atoms with Gasteiger partial charge in [-0.1, -0.05) is 140 Å². The van der Waals surface area contributed by atoms with Crippen LogP contribution in [0.15, 0.2) is 170 Å². The molecule has 0 saturated heterocycles. The Morgan fingerprint density at radius 1 is 0.353 bits per heavy atom. The van der Waals surface area contributed by atoms with E-state index in [1.54, 1.807) is 0 Å². The van der Waals surface area contributed by atoms with Gasteiger partial charge in [0.1, 0.15) is 0 Å². The molecule has 2 aromatic heterocycles. The highest BCUT2D eigenvalue weighted by Gasteiger charge is 2.22. The zero-order valence-corrected chi connectivity index (χ0v) is 27.9. The Morgan fingerprint density at radius 3 is 1.61 bits per heavy atom. The summed E-state index contributed by atoms with van der Waals surface area (Å²) in [5.41, 5.74) is 14.3. The maximum Gasteiger partial charge on any atom is 0.164 e. The fourth-order valence-electron chi connectivity index (χ4n) is 7.66. The molecule has 0 aliphatic heterocycles. The lowest BCUT2D eigenvalue weighted by Crippen LogP contribution is -2.05. The van der Waals surface area contributed by atoms with Crippen molar-refractivity contribution in [3.63, 3.8) is 0 Å². The van der Waals surface area contributed by atoms with Crippen molar-refractivity contribution in [2.24, 2.45) is 0 Å². The molecule has 0 spiro atoms. The molecular weight excluding hydrogens is 621 g/mol. The van der Waals surface area contributed by atoms with Crippen molar-refractivity contribution in [1.82, 2.24) is 19.5 Å². The number of hydrogen-bond donors (Lipinski definition) is 0.